The van der Waals surface area contributed by atoms with Crippen molar-refractivity contribution in [3.05, 3.63) is 95.8 Å². The van der Waals surface area contributed by atoms with Crippen LogP contribution in [0, 0.1) is 0 Å². The van der Waals surface area contributed by atoms with Crippen LogP contribution in [0.4, 0.5) is 0 Å². The molecule has 0 saturated carbocycles. The van der Waals surface area contributed by atoms with Crippen molar-refractivity contribution in [3.8, 4) is 5.75 Å². The molecule has 7 nitrogen and oxygen atoms in total. The molecular weight excluding hydrogens is 418 g/mol. The van der Waals surface area contributed by atoms with E-state index in [0.717, 1.165) is 22.3 Å². The predicted molar refractivity (Wildman–Crippen MR) is 126 cm³/mol. The molecule has 7 heteroatoms. The van der Waals surface area contributed by atoms with E-state index in [4.69, 9.17) is 9.47 Å². The number of hydrogen-bond acceptors (Lipinski definition) is 5. The van der Waals surface area contributed by atoms with Crippen molar-refractivity contribution in [2.75, 3.05) is 13.7 Å². The van der Waals surface area contributed by atoms with Crippen LogP contribution in [-0.2, 0) is 24.4 Å². The molecule has 4 rings (SSSR count). The number of hydrogen-bond donors (Lipinski definition) is 2. The van der Waals surface area contributed by atoms with E-state index < -0.39 is 6.10 Å². The number of carbonyl (C=O) groups is 1. The number of carbonyl (C=O) groups excluding carboxylic acids is 1. The Hall–Kier alpha value is -3.68. The zero-order valence-electron chi connectivity index (χ0n) is 18.5. The fourth-order valence-electron chi connectivity index (χ4n) is 3.71. The first-order valence-electron chi connectivity index (χ1n) is 10.8. The van der Waals surface area contributed by atoms with Crippen molar-refractivity contribution in [2.45, 2.75) is 25.8 Å². The molecule has 0 spiro atoms. The van der Waals surface area contributed by atoms with Gasteiger partial charge in [-0.1, -0.05) is 48.5 Å². The lowest BCUT2D eigenvalue weighted by molar-refractivity contribution is 0.0199. The zero-order chi connectivity index (χ0) is 23.0. The van der Waals surface area contributed by atoms with Gasteiger partial charge in [0, 0.05) is 11.1 Å². The number of para-hydroxylation sites is 3. The molecule has 1 atom stereocenters. The minimum absolute atomic E-state index is 0.153. The van der Waals surface area contributed by atoms with Gasteiger partial charge in [0.25, 0.3) is 5.91 Å². The number of fused-ring (bicyclic) bond motifs is 1. The van der Waals surface area contributed by atoms with E-state index in [0.29, 0.717) is 24.5 Å². The number of imidazole rings is 1. The van der Waals surface area contributed by atoms with Crippen LogP contribution in [0.2, 0.25) is 0 Å². The highest BCUT2D eigenvalue weighted by atomic mass is 16.5. The fraction of sp³-hybridized carbons (Fsp3) is 0.231. The van der Waals surface area contributed by atoms with Crippen molar-refractivity contribution < 1.29 is 19.4 Å². The summed E-state index contributed by atoms with van der Waals surface area (Å²) in [6.45, 7) is 1.03. The average molecular weight is 446 g/mol. The van der Waals surface area contributed by atoms with Crippen LogP contribution in [-0.4, -0.2) is 40.4 Å². The Morgan fingerprint density at radius 2 is 1.76 bits per heavy atom. The lowest BCUT2D eigenvalue weighted by atomic mass is 10.2. The first-order valence-corrected chi connectivity index (χ1v) is 10.8. The number of aliphatic hydroxyl groups is 1. The van der Waals surface area contributed by atoms with E-state index >= 15 is 0 Å². The minimum atomic E-state index is -0.749. The first-order chi connectivity index (χ1) is 16.2. The van der Waals surface area contributed by atoms with Crippen molar-refractivity contribution in [2.24, 2.45) is 0 Å². The van der Waals surface area contributed by atoms with Gasteiger partial charge in [-0.3, -0.25) is 4.79 Å². The highest BCUT2D eigenvalue weighted by molar-refractivity contribution is 5.94. The third kappa shape index (κ3) is 5.58. The largest absolute Gasteiger partial charge is 0.496 e. The zero-order valence-corrected chi connectivity index (χ0v) is 18.5. The van der Waals surface area contributed by atoms with Gasteiger partial charge < -0.3 is 24.5 Å². The second-order valence-electron chi connectivity index (χ2n) is 7.66. The number of nitrogens with one attached hydrogen (secondary N) is 1. The third-order valence-corrected chi connectivity index (χ3v) is 5.33. The molecule has 0 aliphatic rings. The summed E-state index contributed by atoms with van der Waals surface area (Å²) in [7, 11) is 1.62. The van der Waals surface area contributed by atoms with Crippen LogP contribution in [0.25, 0.3) is 11.0 Å². The molecular formula is C26H27N3O4. The molecule has 2 N–H and O–H groups in total. The molecule has 0 radical (unpaired) electrons. The highest BCUT2D eigenvalue weighted by Crippen LogP contribution is 2.19. The fourth-order valence-corrected chi connectivity index (χ4v) is 3.71. The maximum absolute atomic E-state index is 12.5. The van der Waals surface area contributed by atoms with Crippen LogP contribution < -0.4 is 10.1 Å². The molecule has 0 fully saturated rings. The van der Waals surface area contributed by atoms with Gasteiger partial charge in [-0.2, -0.15) is 0 Å². The lowest BCUT2D eigenvalue weighted by Gasteiger charge is -2.16. The molecule has 33 heavy (non-hydrogen) atoms. The summed E-state index contributed by atoms with van der Waals surface area (Å²) in [6.07, 6.45) is -0.749. The Bertz CT molecular complexity index is 1210. The van der Waals surface area contributed by atoms with Gasteiger partial charge in [-0.05, 0) is 30.3 Å². The van der Waals surface area contributed by atoms with Crippen molar-refractivity contribution in [3.63, 3.8) is 0 Å². The minimum Gasteiger partial charge on any atom is -0.496 e. The quantitative estimate of drug-likeness (QED) is 0.390. The van der Waals surface area contributed by atoms with E-state index in [9.17, 15) is 9.90 Å². The van der Waals surface area contributed by atoms with Gasteiger partial charge in [-0.25, -0.2) is 4.98 Å². The molecule has 1 aromatic heterocycles. The molecule has 1 amide bonds. The van der Waals surface area contributed by atoms with Gasteiger partial charge in [0.1, 0.15) is 11.6 Å². The smallest absolute Gasteiger partial charge is 0.251 e. The van der Waals surface area contributed by atoms with E-state index in [1.165, 1.54) is 0 Å². The average Bonchev–Trinajstić information content (AvgIpc) is 3.20. The monoisotopic (exact) mass is 445 g/mol. The summed E-state index contributed by atoms with van der Waals surface area (Å²) in [5.74, 6) is 1.25. The molecule has 0 saturated heterocycles. The van der Waals surface area contributed by atoms with Gasteiger partial charge in [0.2, 0.25) is 0 Å². The number of nitrogens with zero attached hydrogens (tertiary/aromatic N) is 2. The lowest BCUT2D eigenvalue weighted by Crippen LogP contribution is -2.27. The molecule has 4 aromatic rings. The molecule has 0 aliphatic carbocycles. The number of aromatic nitrogens is 2. The summed E-state index contributed by atoms with van der Waals surface area (Å²) in [4.78, 5) is 17.1. The predicted octanol–water partition coefficient (Wildman–Crippen LogP) is 3.55. The summed E-state index contributed by atoms with van der Waals surface area (Å²) < 4.78 is 13.0. The normalized spacial score (nSPS) is 11.9. The van der Waals surface area contributed by atoms with Gasteiger partial charge in [0.05, 0.1) is 50.6 Å². The molecule has 0 bridgehead atoms. The SMILES string of the molecule is COc1ccccc1COCC(O)Cn1c(CNC(=O)c2ccccc2)nc2ccccc21. The van der Waals surface area contributed by atoms with E-state index in [1.807, 2.05) is 71.3 Å². The Labute approximate surface area is 192 Å². The molecule has 0 aliphatic heterocycles. The number of rotatable bonds is 10. The Morgan fingerprint density at radius 3 is 2.58 bits per heavy atom. The summed E-state index contributed by atoms with van der Waals surface area (Å²) in [5, 5.41) is 13.6. The van der Waals surface area contributed by atoms with Crippen molar-refractivity contribution >= 4 is 16.9 Å². The van der Waals surface area contributed by atoms with E-state index in [2.05, 4.69) is 10.3 Å². The summed E-state index contributed by atoms with van der Waals surface area (Å²) in [6, 6.07) is 24.4. The van der Waals surface area contributed by atoms with Crippen molar-refractivity contribution in [1.82, 2.24) is 14.9 Å². The van der Waals surface area contributed by atoms with Crippen LogP contribution in [0.5, 0.6) is 5.75 Å². The van der Waals surface area contributed by atoms with Gasteiger partial charge in [-0.15, -0.1) is 0 Å². The number of amides is 1. The van der Waals surface area contributed by atoms with Crippen LogP contribution in [0.3, 0.4) is 0 Å². The molecule has 170 valence electrons. The molecule has 3 aromatic carbocycles. The topological polar surface area (TPSA) is 85.6 Å². The number of ether oxygens (including phenoxy) is 2. The number of methoxy groups -OCH3 is 1. The highest BCUT2D eigenvalue weighted by Gasteiger charge is 2.16. The maximum Gasteiger partial charge on any atom is 0.251 e. The number of benzene rings is 3. The summed E-state index contributed by atoms with van der Waals surface area (Å²) in [5.41, 5.74) is 3.21. The second-order valence-corrected chi connectivity index (χ2v) is 7.66. The van der Waals surface area contributed by atoms with Gasteiger partial charge >= 0.3 is 0 Å². The molecule has 1 heterocycles. The molecule has 1 unspecified atom stereocenters. The Balaban J connectivity index is 1.42. The van der Waals surface area contributed by atoms with Crippen LogP contribution >= 0.6 is 0 Å². The Kier molecular flexibility index (Phi) is 7.34. The summed E-state index contributed by atoms with van der Waals surface area (Å²) >= 11 is 0. The first kappa shape index (κ1) is 22.5. The van der Waals surface area contributed by atoms with Crippen molar-refractivity contribution in [1.29, 1.82) is 0 Å². The maximum atomic E-state index is 12.5. The van der Waals surface area contributed by atoms with E-state index in [1.54, 1.807) is 19.2 Å². The number of aliphatic hydroxyl groups excluding tert-OH is 1. The van der Waals surface area contributed by atoms with Crippen LogP contribution in [0.15, 0.2) is 78.9 Å². The van der Waals surface area contributed by atoms with Gasteiger partial charge in [0.15, 0.2) is 0 Å². The van der Waals surface area contributed by atoms with Crippen LogP contribution in [0.1, 0.15) is 21.7 Å². The standard InChI is InChI=1S/C26H27N3O4/c1-32-24-14-8-5-11-20(24)17-33-18-21(30)16-29-23-13-7-6-12-22(23)28-25(29)15-27-26(31)19-9-3-2-4-10-19/h2-14,21,30H,15-18H2,1H3,(H,27,31). The second kappa shape index (κ2) is 10.8. The van der Waals surface area contributed by atoms with E-state index in [-0.39, 0.29) is 19.1 Å². The third-order valence-electron chi connectivity index (χ3n) is 5.33. The Morgan fingerprint density at radius 1 is 1.03 bits per heavy atom.